The van der Waals surface area contributed by atoms with Crippen molar-refractivity contribution >= 4 is 6.09 Å². The predicted molar refractivity (Wildman–Crippen MR) is 75.1 cm³/mol. The molecule has 1 N–H and O–H groups in total. The van der Waals surface area contributed by atoms with Gasteiger partial charge in [0.05, 0.1) is 12.0 Å². The molecule has 1 atom stereocenters. The van der Waals surface area contributed by atoms with Gasteiger partial charge in [0.2, 0.25) is 0 Å². The lowest BCUT2D eigenvalue weighted by Gasteiger charge is -2.29. The highest BCUT2D eigenvalue weighted by molar-refractivity contribution is 5.65. The second-order valence-electron chi connectivity index (χ2n) is 5.25. The summed E-state index contributed by atoms with van der Waals surface area (Å²) >= 11 is 0. The highest BCUT2D eigenvalue weighted by Crippen LogP contribution is 2.26. The van der Waals surface area contributed by atoms with Crippen LogP contribution in [-0.2, 0) is 0 Å². The first-order valence-corrected chi connectivity index (χ1v) is 6.91. The van der Waals surface area contributed by atoms with E-state index in [9.17, 15) is 9.18 Å². The number of amides is 1. The Hall–Kier alpha value is -2.37. The number of carbonyl (C=O) groups is 1. The Balaban J connectivity index is 1.78. The van der Waals surface area contributed by atoms with Crippen LogP contribution in [0.2, 0.25) is 0 Å². The SMILES string of the molecule is O=C(O)N1CCC[C@H](c2cn(-c3ccc(F)cc3)cn2)C1. The smallest absolute Gasteiger partial charge is 0.407 e. The molecule has 1 fully saturated rings. The minimum absolute atomic E-state index is 0.122. The molecule has 0 radical (unpaired) electrons. The monoisotopic (exact) mass is 289 g/mol. The maximum Gasteiger partial charge on any atom is 0.407 e. The molecule has 6 heteroatoms. The van der Waals surface area contributed by atoms with E-state index in [0.29, 0.717) is 13.1 Å². The molecule has 21 heavy (non-hydrogen) atoms. The highest BCUT2D eigenvalue weighted by atomic mass is 19.1. The van der Waals surface area contributed by atoms with Crippen LogP contribution in [0.3, 0.4) is 0 Å². The zero-order chi connectivity index (χ0) is 14.8. The minimum Gasteiger partial charge on any atom is -0.465 e. The van der Waals surface area contributed by atoms with Gasteiger partial charge >= 0.3 is 6.09 Å². The van der Waals surface area contributed by atoms with Gasteiger partial charge in [-0.15, -0.1) is 0 Å². The molecule has 2 aromatic rings. The summed E-state index contributed by atoms with van der Waals surface area (Å²) in [6.07, 6.45) is 4.48. The summed E-state index contributed by atoms with van der Waals surface area (Å²) in [5.41, 5.74) is 1.71. The summed E-state index contributed by atoms with van der Waals surface area (Å²) in [5, 5.41) is 9.08. The normalized spacial score (nSPS) is 18.7. The van der Waals surface area contributed by atoms with Crippen molar-refractivity contribution in [3.05, 3.63) is 48.3 Å². The van der Waals surface area contributed by atoms with Gasteiger partial charge in [-0.25, -0.2) is 14.2 Å². The van der Waals surface area contributed by atoms with Crippen LogP contribution in [0.1, 0.15) is 24.5 Å². The van der Waals surface area contributed by atoms with Crippen molar-refractivity contribution in [3.8, 4) is 5.69 Å². The van der Waals surface area contributed by atoms with Crippen molar-refractivity contribution in [2.24, 2.45) is 0 Å². The van der Waals surface area contributed by atoms with Crippen molar-refractivity contribution in [2.45, 2.75) is 18.8 Å². The summed E-state index contributed by atoms with van der Waals surface area (Å²) in [6, 6.07) is 6.18. The largest absolute Gasteiger partial charge is 0.465 e. The van der Waals surface area contributed by atoms with E-state index < -0.39 is 6.09 Å². The lowest BCUT2D eigenvalue weighted by atomic mass is 9.95. The van der Waals surface area contributed by atoms with Crippen molar-refractivity contribution in [3.63, 3.8) is 0 Å². The molecule has 5 nitrogen and oxygen atoms in total. The van der Waals surface area contributed by atoms with Crippen molar-refractivity contribution in [2.75, 3.05) is 13.1 Å². The number of nitrogens with zero attached hydrogens (tertiary/aromatic N) is 3. The van der Waals surface area contributed by atoms with Crippen LogP contribution in [0.4, 0.5) is 9.18 Å². The second kappa shape index (κ2) is 5.55. The first-order valence-electron chi connectivity index (χ1n) is 6.91. The first kappa shape index (κ1) is 13.6. The maximum absolute atomic E-state index is 12.9. The molecule has 0 saturated carbocycles. The van der Waals surface area contributed by atoms with E-state index in [4.69, 9.17) is 5.11 Å². The quantitative estimate of drug-likeness (QED) is 0.924. The lowest BCUT2D eigenvalue weighted by molar-refractivity contribution is 0.130. The van der Waals surface area contributed by atoms with Crippen LogP contribution in [0, 0.1) is 5.82 Å². The lowest BCUT2D eigenvalue weighted by Crippen LogP contribution is -2.38. The average molecular weight is 289 g/mol. The van der Waals surface area contributed by atoms with Crippen LogP contribution >= 0.6 is 0 Å². The number of piperidine rings is 1. The fraction of sp³-hybridized carbons (Fsp3) is 0.333. The Morgan fingerprint density at radius 2 is 2.10 bits per heavy atom. The zero-order valence-corrected chi connectivity index (χ0v) is 11.4. The van der Waals surface area contributed by atoms with Crippen LogP contribution in [0.25, 0.3) is 5.69 Å². The molecular formula is C15H16FN3O2. The Labute approximate surface area is 121 Å². The third-order valence-corrected chi connectivity index (χ3v) is 3.84. The Morgan fingerprint density at radius 1 is 1.33 bits per heavy atom. The van der Waals surface area contributed by atoms with Gasteiger partial charge in [0, 0.05) is 30.9 Å². The van der Waals surface area contributed by atoms with E-state index in [1.807, 2.05) is 10.8 Å². The van der Waals surface area contributed by atoms with Gasteiger partial charge in [-0.1, -0.05) is 0 Å². The second-order valence-corrected chi connectivity index (χ2v) is 5.25. The summed E-state index contributed by atoms with van der Waals surface area (Å²) < 4.78 is 14.8. The number of aromatic nitrogens is 2. The number of likely N-dealkylation sites (tertiary alicyclic amines) is 1. The third kappa shape index (κ3) is 2.89. The van der Waals surface area contributed by atoms with Gasteiger partial charge < -0.3 is 14.6 Å². The molecule has 1 aliphatic heterocycles. The van der Waals surface area contributed by atoms with E-state index in [0.717, 1.165) is 24.2 Å². The first-order chi connectivity index (χ1) is 10.1. The Morgan fingerprint density at radius 3 is 2.81 bits per heavy atom. The summed E-state index contributed by atoms with van der Waals surface area (Å²) in [7, 11) is 0. The van der Waals surface area contributed by atoms with Crippen LogP contribution in [0.5, 0.6) is 0 Å². The fourth-order valence-electron chi connectivity index (χ4n) is 2.70. The molecule has 1 aromatic heterocycles. The number of imidazole rings is 1. The molecule has 1 aromatic carbocycles. The predicted octanol–water partition coefficient (Wildman–Crippen LogP) is 2.87. The molecule has 1 saturated heterocycles. The molecule has 1 amide bonds. The maximum atomic E-state index is 12.9. The molecular weight excluding hydrogens is 273 g/mol. The van der Waals surface area contributed by atoms with Crippen molar-refractivity contribution < 1.29 is 14.3 Å². The number of carboxylic acid groups (broad SMARTS) is 1. The molecule has 0 unspecified atom stereocenters. The zero-order valence-electron chi connectivity index (χ0n) is 11.4. The summed E-state index contributed by atoms with van der Waals surface area (Å²) in [6.45, 7) is 1.07. The number of benzene rings is 1. The number of hydrogen-bond acceptors (Lipinski definition) is 2. The van der Waals surface area contributed by atoms with Gasteiger partial charge in [-0.05, 0) is 37.1 Å². The number of rotatable bonds is 2. The third-order valence-electron chi connectivity index (χ3n) is 3.84. The van der Waals surface area contributed by atoms with E-state index in [1.165, 1.54) is 17.0 Å². The van der Waals surface area contributed by atoms with Gasteiger partial charge in [0.25, 0.3) is 0 Å². The Bertz CT molecular complexity index is 639. The average Bonchev–Trinajstić information content (AvgIpc) is 2.98. The topological polar surface area (TPSA) is 58.4 Å². The Kier molecular flexibility index (Phi) is 3.60. The van der Waals surface area contributed by atoms with Crippen LogP contribution in [-0.4, -0.2) is 38.7 Å². The fourth-order valence-corrected chi connectivity index (χ4v) is 2.70. The van der Waals surface area contributed by atoms with Crippen molar-refractivity contribution in [1.29, 1.82) is 0 Å². The standard InChI is InChI=1S/C15H16FN3O2/c16-12-3-5-13(6-4-12)19-9-14(17-10-19)11-2-1-7-18(8-11)15(20)21/h3-6,9-11H,1-2,7-8H2,(H,20,21)/t11-/m0/s1. The molecule has 3 rings (SSSR count). The van der Waals surface area contributed by atoms with E-state index in [2.05, 4.69) is 4.98 Å². The van der Waals surface area contributed by atoms with E-state index >= 15 is 0 Å². The van der Waals surface area contributed by atoms with Crippen LogP contribution < -0.4 is 0 Å². The van der Waals surface area contributed by atoms with Gasteiger partial charge in [-0.2, -0.15) is 0 Å². The highest BCUT2D eigenvalue weighted by Gasteiger charge is 2.25. The molecule has 0 aliphatic carbocycles. The van der Waals surface area contributed by atoms with Gasteiger partial charge in [0.1, 0.15) is 5.82 Å². The molecule has 110 valence electrons. The minimum atomic E-state index is -0.877. The molecule has 0 spiro atoms. The van der Waals surface area contributed by atoms with E-state index in [1.54, 1.807) is 18.5 Å². The molecule has 0 bridgehead atoms. The van der Waals surface area contributed by atoms with E-state index in [-0.39, 0.29) is 11.7 Å². The van der Waals surface area contributed by atoms with Gasteiger partial charge in [0.15, 0.2) is 0 Å². The van der Waals surface area contributed by atoms with Crippen molar-refractivity contribution in [1.82, 2.24) is 14.5 Å². The summed E-state index contributed by atoms with van der Waals surface area (Å²) in [5.74, 6) is -0.153. The molecule has 2 heterocycles. The summed E-state index contributed by atoms with van der Waals surface area (Å²) in [4.78, 5) is 16.9. The number of hydrogen-bond donors (Lipinski definition) is 1. The van der Waals surface area contributed by atoms with Gasteiger partial charge in [-0.3, -0.25) is 0 Å². The number of halogens is 1. The molecule has 1 aliphatic rings. The van der Waals surface area contributed by atoms with Crippen LogP contribution in [0.15, 0.2) is 36.8 Å².